The van der Waals surface area contributed by atoms with E-state index in [4.69, 9.17) is 13.6 Å². The van der Waals surface area contributed by atoms with Gasteiger partial charge in [0.1, 0.15) is 22.5 Å². The summed E-state index contributed by atoms with van der Waals surface area (Å²) in [6.07, 6.45) is 1.79. The number of hydrogen-bond donors (Lipinski definition) is 0. The first-order valence-electron chi connectivity index (χ1n) is 9.18. The number of para-hydroxylation sites is 1. The Morgan fingerprint density at radius 1 is 0.857 bits per heavy atom. The van der Waals surface area contributed by atoms with Crippen LogP contribution in [0.3, 0.4) is 0 Å². The highest BCUT2D eigenvalue weighted by molar-refractivity contribution is 6.05. The van der Waals surface area contributed by atoms with E-state index in [2.05, 4.69) is 6.07 Å². The van der Waals surface area contributed by atoms with Crippen LogP contribution in [0.25, 0.3) is 32.9 Å². The van der Waals surface area contributed by atoms with E-state index in [1.165, 1.54) is 5.56 Å². The quantitative estimate of drug-likeness (QED) is 0.284. The van der Waals surface area contributed by atoms with Gasteiger partial charge in [0.2, 0.25) is 0 Å². The number of aryl methyl sites for hydroxylation is 2. The molecule has 0 saturated heterocycles. The summed E-state index contributed by atoms with van der Waals surface area (Å²) < 4.78 is 17.0. The highest BCUT2D eigenvalue weighted by Gasteiger charge is 2.14. The fourth-order valence-corrected chi connectivity index (χ4v) is 3.56. The molecule has 5 aromatic rings. The molecule has 0 bridgehead atoms. The number of rotatable bonds is 3. The fraction of sp³-hybridized carbons (Fsp3) is 0.125. The predicted octanol–water partition coefficient (Wildman–Crippen LogP) is 6.10. The van der Waals surface area contributed by atoms with Crippen molar-refractivity contribution in [2.75, 3.05) is 0 Å². The molecule has 0 aliphatic heterocycles. The molecule has 0 radical (unpaired) electrons. The molecular formula is C24H18O4. The molecule has 5 rings (SSSR count). The van der Waals surface area contributed by atoms with Crippen molar-refractivity contribution >= 4 is 38.9 Å². The SMILES string of the molecule is Cc1cc2occ(CC(=O)Oc3ccc4oc5ccccc5c4c3)c2cc1C. The maximum Gasteiger partial charge on any atom is 0.315 e. The van der Waals surface area contributed by atoms with Crippen LogP contribution in [-0.4, -0.2) is 5.97 Å². The molecule has 0 spiro atoms. The van der Waals surface area contributed by atoms with Crippen molar-refractivity contribution in [3.05, 3.63) is 77.6 Å². The Bertz CT molecular complexity index is 1350. The van der Waals surface area contributed by atoms with Crippen molar-refractivity contribution < 1.29 is 18.4 Å². The van der Waals surface area contributed by atoms with Gasteiger partial charge < -0.3 is 13.6 Å². The second-order valence-corrected chi connectivity index (χ2v) is 7.10. The first kappa shape index (κ1) is 16.6. The average molecular weight is 370 g/mol. The van der Waals surface area contributed by atoms with Gasteiger partial charge in [0, 0.05) is 21.7 Å². The van der Waals surface area contributed by atoms with E-state index in [1.807, 2.05) is 56.3 Å². The van der Waals surface area contributed by atoms with Crippen LogP contribution in [0.2, 0.25) is 0 Å². The Kier molecular flexibility index (Phi) is 3.72. The molecule has 0 unspecified atom stereocenters. The molecule has 0 saturated carbocycles. The molecule has 28 heavy (non-hydrogen) atoms. The van der Waals surface area contributed by atoms with Gasteiger partial charge in [-0.1, -0.05) is 18.2 Å². The van der Waals surface area contributed by atoms with Crippen molar-refractivity contribution in [2.24, 2.45) is 0 Å². The Labute approximate surface area is 161 Å². The van der Waals surface area contributed by atoms with E-state index >= 15 is 0 Å². The second kappa shape index (κ2) is 6.27. The molecule has 0 aliphatic rings. The van der Waals surface area contributed by atoms with Crippen LogP contribution in [0, 0.1) is 13.8 Å². The number of fused-ring (bicyclic) bond motifs is 4. The summed E-state index contributed by atoms with van der Waals surface area (Å²) >= 11 is 0. The Morgan fingerprint density at radius 3 is 2.54 bits per heavy atom. The number of benzene rings is 3. The molecule has 0 fully saturated rings. The first-order chi connectivity index (χ1) is 13.6. The Balaban J connectivity index is 1.42. The number of hydrogen-bond acceptors (Lipinski definition) is 4. The van der Waals surface area contributed by atoms with Crippen LogP contribution in [0.5, 0.6) is 5.75 Å². The van der Waals surface area contributed by atoms with Gasteiger partial charge >= 0.3 is 5.97 Å². The Hall–Kier alpha value is -3.53. The van der Waals surface area contributed by atoms with E-state index in [9.17, 15) is 4.79 Å². The van der Waals surface area contributed by atoms with Crippen molar-refractivity contribution in [1.82, 2.24) is 0 Å². The summed E-state index contributed by atoms with van der Waals surface area (Å²) in [5, 5.41) is 2.89. The van der Waals surface area contributed by atoms with Gasteiger partial charge in [-0.25, -0.2) is 0 Å². The van der Waals surface area contributed by atoms with Crippen molar-refractivity contribution in [3.63, 3.8) is 0 Å². The lowest BCUT2D eigenvalue weighted by Crippen LogP contribution is -2.10. The summed E-state index contributed by atoms with van der Waals surface area (Å²) in [7, 11) is 0. The van der Waals surface area contributed by atoms with Gasteiger partial charge in [-0.15, -0.1) is 0 Å². The summed E-state index contributed by atoms with van der Waals surface area (Å²) in [4.78, 5) is 12.5. The van der Waals surface area contributed by atoms with E-state index < -0.39 is 0 Å². The molecule has 4 nitrogen and oxygen atoms in total. The number of furan rings is 2. The third kappa shape index (κ3) is 2.74. The molecule has 138 valence electrons. The number of carbonyl (C=O) groups excluding carboxylic acids is 1. The van der Waals surface area contributed by atoms with Gasteiger partial charge in [0.05, 0.1) is 12.7 Å². The molecule has 2 aromatic heterocycles. The van der Waals surface area contributed by atoms with Gasteiger partial charge in [-0.3, -0.25) is 4.79 Å². The molecule has 3 aromatic carbocycles. The highest BCUT2D eigenvalue weighted by Crippen LogP contribution is 2.31. The molecular weight excluding hydrogens is 352 g/mol. The summed E-state index contributed by atoms with van der Waals surface area (Å²) in [6, 6.07) is 17.3. The van der Waals surface area contributed by atoms with Crippen LogP contribution in [0.1, 0.15) is 16.7 Å². The van der Waals surface area contributed by atoms with Crippen molar-refractivity contribution in [1.29, 1.82) is 0 Å². The maximum absolute atomic E-state index is 12.5. The Morgan fingerprint density at radius 2 is 1.64 bits per heavy atom. The monoisotopic (exact) mass is 370 g/mol. The zero-order chi connectivity index (χ0) is 19.3. The molecule has 0 N–H and O–H groups in total. The topological polar surface area (TPSA) is 52.6 Å². The fourth-order valence-electron chi connectivity index (χ4n) is 3.56. The van der Waals surface area contributed by atoms with Gasteiger partial charge in [0.15, 0.2) is 0 Å². The molecule has 2 heterocycles. The smallest absolute Gasteiger partial charge is 0.315 e. The lowest BCUT2D eigenvalue weighted by molar-refractivity contribution is -0.133. The largest absolute Gasteiger partial charge is 0.464 e. The summed E-state index contributed by atoms with van der Waals surface area (Å²) in [5.74, 6) is 0.178. The lowest BCUT2D eigenvalue weighted by Gasteiger charge is -2.04. The van der Waals surface area contributed by atoms with Crippen LogP contribution < -0.4 is 4.74 Å². The minimum absolute atomic E-state index is 0.152. The molecule has 0 amide bonds. The average Bonchev–Trinajstić information content (AvgIpc) is 3.23. The van der Waals surface area contributed by atoms with Gasteiger partial charge in [-0.2, -0.15) is 0 Å². The van der Waals surface area contributed by atoms with E-state index in [1.54, 1.807) is 12.3 Å². The van der Waals surface area contributed by atoms with Crippen LogP contribution in [0.15, 0.2) is 69.7 Å². The number of carbonyl (C=O) groups is 1. The third-order valence-electron chi connectivity index (χ3n) is 5.18. The van der Waals surface area contributed by atoms with Crippen molar-refractivity contribution in [3.8, 4) is 5.75 Å². The van der Waals surface area contributed by atoms with E-state index in [-0.39, 0.29) is 12.4 Å². The number of esters is 1. The van der Waals surface area contributed by atoms with Gasteiger partial charge in [-0.05, 0) is 61.4 Å². The minimum atomic E-state index is -0.326. The standard InChI is InChI=1S/C24H18O4/c1-14-9-19-16(13-26-23(19)10-15(14)2)11-24(25)27-17-7-8-22-20(12-17)18-5-3-4-6-21(18)28-22/h3-10,12-13H,11H2,1-2H3. The normalized spacial score (nSPS) is 11.5. The van der Waals surface area contributed by atoms with Crippen LogP contribution in [-0.2, 0) is 11.2 Å². The number of ether oxygens (including phenoxy) is 1. The first-order valence-corrected chi connectivity index (χ1v) is 9.18. The van der Waals surface area contributed by atoms with E-state index in [0.717, 1.165) is 44.0 Å². The van der Waals surface area contributed by atoms with Crippen LogP contribution >= 0.6 is 0 Å². The predicted molar refractivity (Wildman–Crippen MR) is 109 cm³/mol. The van der Waals surface area contributed by atoms with Gasteiger partial charge in [0.25, 0.3) is 0 Å². The lowest BCUT2D eigenvalue weighted by atomic mass is 10.0. The zero-order valence-corrected chi connectivity index (χ0v) is 15.6. The molecule has 0 aliphatic carbocycles. The second-order valence-electron chi connectivity index (χ2n) is 7.10. The maximum atomic E-state index is 12.5. The third-order valence-corrected chi connectivity index (χ3v) is 5.18. The summed E-state index contributed by atoms with van der Waals surface area (Å²) in [5.41, 5.74) is 5.54. The van der Waals surface area contributed by atoms with E-state index in [0.29, 0.717) is 5.75 Å². The van der Waals surface area contributed by atoms with Crippen LogP contribution in [0.4, 0.5) is 0 Å². The minimum Gasteiger partial charge on any atom is -0.464 e. The zero-order valence-electron chi connectivity index (χ0n) is 15.6. The molecule has 4 heteroatoms. The molecule has 0 atom stereocenters. The summed E-state index contributed by atoms with van der Waals surface area (Å²) in [6.45, 7) is 4.09. The van der Waals surface area contributed by atoms with Crippen molar-refractivity contribution in [2.45, 2.75) is 20.3 Å². The highest BCUT2D eigenvalue weighted by atomic mass is 16.5.